The third-order valence-electron chi connectivity index (χ3n) is 3.18. The summed E-state index contributed by atoms with van der Waals surface area (Å²) in [6.45, 7) is -1.17. The molecule has 0 radical (unpaired) electrons. The summed E-state index contributed by atoms with van der Waals surface area (Å²) in [5, 5.41) is 0. The van der Waals surface area contributed by atoms with E-state index in [1.54, 1.807) is 0 Å². The number of aromatic nitrogens is 4. The fourth-order valence-electron chi connectivity index (χ4n) is 2.13. The standard InChI is InChI=1S/C9H15N4O12P3/c1-11-5-10-7-6(11)8(14)12(2)9(15)13(7)3-4-23-27(19,20)25-28(21,22)24-26(16,17)18/h5H,3-4H2,1-2H3,(H,19,20)(H,21,22)(H2,16,17,18). The third kappa shape index (κ3) is 5.33. The van der Waals surface area contributed by atoms with Gasteiger partial charge in [0, 0.05) is 14.1 Å². The molecule has 2 atom stereocenters. The van der Waals surface area contributed by atoms with Crippen molar-refractivity contribution in [3.63, 3.8) is 0 Å². The van der Waals surface area contributed by atoms with E-state index in [1.807, 2.05) is 0 Å². The fourth-order valence-corrected chi connectivity index (χ4v) is 5.14. The molecule has 0 fully saturated rings. The van der Waals surface area contributed by atoms with Crippen LogP contribution in [-0.2, 0) is 47.5 Å². The molecular weight excluding hydrogens is 449 g/mol. The molecule has 0 amide bonds. The van der Waals surface area contributed by atoms with Gasteiger partial charge < -0.3 is 24.1 Å². The highest BCUT2D eigenvalue weighted by molar-refractivity contribution is 7.66. The van der Waals surface area contributed by atoms with Crippen molar-refractivity contribution >= 4 is 34.6 Å². The summed E-state index contributed by atoms with van der Waals surface area (Å²) in [7, 11) is -13.7. The Morgan fingerprint density at radius 2 is 1.64 bits per heavy atom. The highest BCUT2D eigenvalue weighted by atomic mass is 31.3. The highest BCUT2D eigenvalue weighted by Crippen LogP contribution is 2.66. The summed E-state index contributed by atoms with van der Waals surface area (Å²) in [5.41, 5.74) is -1.40. The van der Waals surface area contributed by atoms with Crippen LogP contribution in [-0.4, -0.2) is 44.9 Å². The first-order chi connectivity index (χ1) is 12.6. The first kappa shape index (κ1) is 22.8. The molecule has 2 rings (SSSR count). The van der Waals surface area contributed by atoms with E-state index < -0.39 is 47.9 Å². The van der Waals surface area contributed by atoms with Crippen LogP contribution in [0.25, 0.3) is 11.2 Å². The number of hydrogen-bond acceptors (Lipinski definition) is 9. The Kier molecular flexibility index (Phi) is 6.34. The Hall–Kier alpha value is -1.44. The molecule has 0 aliphatic heterocycles. The zero-order valence-electron chi connectivity index (χ0n) is 14.2. The van der Waals surface area contributed by atoms with Gasteiger partial charge in [-0.25, -0.2) is 23.5 Å². The van der Waals surface area contributed by atoms with E-state index in [1.165, 1.54) is 25.0 Å². The lowest BCUT2D eigenvalue weighted by Crippen LogP contribution is -2.39. The average Bonchev–Trinajstić information content (AvgIpc) is 2.86. The first-order valence-corrected chi connectivity index (χ1v) is 11.5. The van der Waals surface area contributed by atoms with Crippen molar-refractivity contribution in [1.29, 1.82) is 0 Å². The SMILES string of the molecule is Cn1c(=O)c2c(ncn2C)n(CCOP(=O)(O)OP(=O)(O)OP(=O)(O)O)c1=O. The van der Waals surface area contributed by atoms with E-state index in [9.17, 15) is 28.2 Å². The van der Waals surface area contributed by atoms with Gasteiger partial charge in [-0.05, 0) is 0 Å². The zero-order chi connectivity index (χ0) is 21.5. The van der Waals surface area contributed by atoms with E-state index >= 15 is 0 Å². The lowest BCUT2D eigenvalue weighted by Gasteiger charge is -2.16. The van der Waals surface area contributed by atoms with Crippen LogP contribution in [0.4, 0.5) is 0 Å². The zero-order valence-corrected chi connectivity index (χ0v) is 16.9. The number of hydrogen-bond donors (Lipinski definition) is 4. The van der Waals surface area contributed by atoms with Gasteiger partial charge >= 0.3 is 29.2 Å². The molecule has 19 heteroatoms. The van der Waals surface area contributed by atoms with Crippen molar-refractivity contribution in [2.45, 2.75) is 6.54 Å². The second-order valence-corrected chi connectivity index (χ2v) is 9.67. The van der Waals surface area contributed by atoms with E-state index in [0.29, 0.717) is 0 Å². The largest absolute Gasteiger partial charge is 0.490 e. The minimum atomic E-state index is -5.64. The van der Waals surface area contributed by atoms with Gasteiger partial charge in [-0.3, -0.25) is 18.5 Å². The van der Waals surface area contributed by atoms with Crippen LogP contribution >= 0.6 is 23.5 Å². The predicted octanol–water partition coefficient (Wildman–Crippen LogP) is -1.22. The second-order valence-electron chi connectivity index (χ2n) is 5.25. The van der Waals surface area contributed by atoms with Crippen molar-refractivity contribution in [3.8, 4) is 0 Å². The molecule has 2 heterocycles. The van der Waals surface area contributed by atoms with Crippen LogP contribution < -0.4 is 11.2 Å². The Morgan fingerprint density at radius 3 is 2.21 bits per heavy atom. The second kappa shape index (κ2) is 7.76. The third-order valence-corrected chi connectivity index (χ3v) is 7.02. The monoisotopic (exact) mass is 464 g/mol. The van der Waals surface area contributed by atoms with Crippen LogP contribution in [0.3, 0.4) is 0 Å². The summed E-state index contributed by atoms with van der Waals surface area (Å²) in [6.07, 6.45) is 1.27. The van der Waals surface area contributed by atoms with Gasteiger partial charge in [0.2, 0.25) is 0 Å². The Bertz CT molecular complexity index is 1160. The molecule has 0 aliphatic rings. The molecule has 2 aromatic rings. The van der Waals surface area contributed by atoms with Gasteiger partial charge in [-0.2, -0.15) is 8.62 Å². The minimum Gasteiger partial charge on any atom is -0.328 e. The molecule has 0 saturated heterocycles. The summed E-state index contributed by atoms with van der Waals surface area (Å²) < 4.78 is 48.1. The van der Waals surface area contributed by atoms with Crippen LogP contribution in [0.5, 0.6) is 0 Å². The molecule has 4 N–H and O–H groups in total. The number of nitrogens with zero attached hydrogens (tertiary/aromatic N) is 4. The van der Waals surface area contributed by atoms with Crippen molar-refractivity contribution in [2.24, 2.45) is 14.1 Å². The smallest absolute Gasteiger partial charge is 0.328 e. The van der Waals surface area contributed by atoms with Gasteiger partial charge in [0.05, 0.1) is 19.5 Å². The van der Waals surface area contributed by atoms with Crippen LogP contribution in [0.15, 0.2) is 15.9 Å². The molecular formula is C9H15N4O12P3. The van der Waals surface area contributed by atoms with Crippen molar-refractivity contribution in [3.05, 3.63) is 27.2 Å². The summed E-state index contributed by atoms with van der Waals surface area (Å²) in [6, 6.07) is 0. The predicted molar refractivity (Wildman–Crippen MR) is 90.0 cm³/mol. The number of phosphoric acid groups is 3. The molecule has 0 aliphatic carbocycles. The quantitative estimate of drug-likeness (QED) is 0.337. The topological polar surface area (TPSA) is 222 Å². The molecule has 0 saturated carbocycles. The van der Waals surface area contributed by atoms with Crippen molar-refractivity contribution in [1.82, 2.24) is 18.7 Å². The Morgan fingerprint density at radius 1 is 1.04 bits per heavy atom. The van der Waals surface area contributed by atoms with E-state index in [0.717, 1.165) is 9.13 Å². The molecule has 2 unspecified atom stereocenters. The van der Waals surface area contributed by atoms with Crippen LogP contribution in [0, 0.1) is 0 Å². The maximum atomic E-state index is 12.2. The van der Waals surface area contributed by atoms with Gasteiger partial charge in [-0.15, -0.1) is 0 Å². The maximum Gasteiger partial charge on any atom is 0.490 e. The van der Waals surface area contributed by atoms with Gasteiger partial charge in [-0.1, -0.05) is 0 Å². The van der Waals surface area contributed by atoms with Crippen LogP contribution in [0.2, 0.25) is 0 Å². The van der Waals surface area contributed by atoms with E-state index in [2.05, 4.69) is 18.1 Å². The van der Waals surface area contributed by atoms with E-state index in [4.69, 9.17) is 14.7 Å². The number of aryl methyl sites for hydroxylation is 1. The van der Waals surface area contributed by atoms with Gasteiger partial charge in [0.25, 0.3) is 5.56 Å². The molecule has 158 valence electrons. The average molecular weight is 464 g/mol. The summed E-state index contributed by atoms with van der Waals surface area (Å²) in [5.74, 6) is 0. The molecule has 0 spiro atoms. The molecule has 0 bridgehead atoms. The molecule has 2 aromatic heterocycles. The Balaban J connectivity index is 2.19. The summed E-state index contributed by atoms with van der Waals surface area (Å²) in [4.78, 5) is 63.6. The number of phosphoric ester groups is 1. The van der Waals surface area contributed by atoms with Gasteiger partial charge in [0.1, 0.15) is 0 Å². The molecule has 28 heavy (non-hydrogen) atoms. The van der Waals surface area contributed by atoms with Crippen LogP contribution in [0.1, 0.15) is 0 Å². The highest BCUT2D eigenvalue weighted by Gasteiger charge is 2.40. The number of rotatable bonds is 8. The first-order valence-electron chi connectivity index (χ1n) is 7.03. The fraction of sp³-hybridized carbons (Fsp3) is 0.444. The lowest BCUT2D eigenvalue weighted by molar-refractivity contribution is 0.168. The van der Waals surface area contributed by atoms with Gasteiger partial charge in [0.15, 0.2) is 11.2 Å². The normalized spacial score (nSPS) is 16.8. The van der Waals surface area contributed by atoms with Crippen molar-refractivity contribution < 1.29 is 46.4 Å². The Labute approximate surface area is 155 Å². The lowest BCUT2D eigenvalue weighted by atomic mass is 10.5. The van der Waals surface area contributed by atoms with E-state index in [-0.39, 0.29) is 11.2 Å². The number of imidazole rings is 1. The van der Waals surface area contributed by atoms with Crippen molar-refractivity contribution in [2.75, 3.05) is 6.61 Å². The summed E-state index contributed by atoms with van der Waals surface area (Å²) >= 11 is 0. The molecule has 16 nitrogen and oxygen atoms in total. The minimum absolute atomic E-state index is 0.0365. The molecule has 0 aromatic carbocycles. The number of fused-ring (bicyclic) bond motifs is 1. The maximum absolute atomic E-state index is 12.2.